The van der Waals surface area contributed by atoms with Crippen LogP contribution < -0.4 is 4.90 Å². The van der Waals surface area contributed by atoms with Gasteiger partial charge >= 0.3 is 0 Å². The number of nitrogens with zero attached hydrogens (tertiary/aromatic N) is 1. The summed E-state index contributed by atoms with van der Waals surface area (Å²) >= 11 is 0. The van der Waals surface area contributed by atoms with Crippen LogP contribution in [0.5, 0.6) is 0 Å². The number of fused-ring (bicyclic) bond motifs is 1. The predicted octanol–water partition coefficient (Wildman–Crippen LogP) is 3.45. The van der Waals surface area contributed by atoms with Gasteiger partial charge in [0.05, 0.1) is 5.69 Å². The molecule has 1 amide bonds. The lowest BCUT2D eigenvalue weighted by Gasteiger charge is -2.22. The van der Waals surface area contributed by atoms with Crippen molar-refractivity contribution in [2.75, 3.05) is 11.4 Å². The summed E-state index contributed by atoms with van der Waals surface area (Å²) in [6, 6.07) is 12.7. The molecule has 0 bridgehead atoms. The molecule has 0 aliphatic carbocycles. The number of Topliss-reactive ketones (excluding diaryl/α,β-unsaturated/α-hetero) is 1. The number of para-hydroxylation sites is 1. The maximum atomic E-state index is 13.3. The average molecular weight is 283 g/mol. The van der Waals surface area contributed by atoms with Crippen molar-refractivity contribution in [3.8, 4) is 0 Å². The zero-order chi connectivity index (χ0) is 14.8. The zero-order valence-electron chi connectivity index (χ0n) is 11.4. The van der Waals surface area contributed by atoms with Crippen LogP contribution in [0.1, 0.15) is 33.6 Å². The number of hydrogen-bond acceptors (Lipinski definition) is 2. The second-order valence-corrected chi connectivity index (χ2v) is 5.01. The van der Waals surface area contributed by atoms with Crippen LogP contribution in [-0.2, 0) is 0 Å². The van der Waals surface area contributed by atoms with Crippen molar-refractivity contribution in [2.45, 2.75) is 12.8 Å². The third-order valence-electron chi connectivity index (χ3n) is 3.60. The summed E-state index contributed by atoms with van der Waals surface area (Å²) in [5, 5.41) is 0. The van der Waals surface area contributed by atoms with Gasteiger partial charge in [-0.3, -0.25) is 9.59 Å². The summed E-state index contributed by atoms with van der Waals surface area (Å²) in [4.78, 5) is 26.3. The molecule has 0 saturated heterocycles. The van der Waals surface area contributed by atoms with E-state index in [0.717, 1.165) is 0 Å². The second-order valence-electron chi connectivity index (χ2n) is 5.01. The van der Waals surface area contributed by atoms with Gasteiger partial charge in [-0.05, 0) is 36.8 Å². The number of amides is 1. The van der Waals surface area contributed by atoms with Crippen LogP contribution >= 0.6 is 0 Å². The molecule has 1 aliphatic heterocycles. The molecule has 4 heteroatoms. The van der Waals surface area contributed by atoms with Gasteiger partial charge in [-0.15, -0.1) is 0 Å². The summed E-state index contributed by atoms with van der Waals surface area (Å²) in [6.45, 7) is 0.456. The predicted molar refractivity (Wildman–Crippen MR) is 78.1 cm³/mol. The Morgan fingerprint density at radius 2 is 1.90 bits per heavy atom. The molecule has 0 N–H and O–H groups in total. The van der Waals surface area contributed by atoms with E-state index in [-0.39, 0.29) is 11.7 Å². The number of hydrogen-bond donors (Lipinski definition) is 0. The van der Waals surface area contributed by atoms with Crippen molar-refractivity contribution in [3.63, 3.8) is 0 Å². The first-order valence-electron chi connectivity index (χ1n) is 6.86. The number of ketones is 1. The zero-order valence-corrected chi connectivity index (χ0v) is 11.4. The minimum atomic E-state index is -0.444. The number of rotatable bonds is 1. The van der Waals surface area contributed by atoms with Crippen molar-refractivity contribution >= 4 is 17.4 Å². The van der Waals surface area contributed by atoms with Crippen molar-refractivity contribution in [2.24, 2.45) is 0 Å². The van der Waals surface area contributed by atoms with Crippen LogP contribution in [0.3, 0.4) is 0 Å². The molecule has 2 aromatic carbocycles. The summed E-state index contributed by atoms with van der Waals surface area (Å²) in [5.41, 5.74) is 1.45. The van der Waals surface area contributed by atoms with E-state index in [9.17, 15) is 14.0 Å². The lowest BCUT2D eigenvalue weighted by Crippen LogP contribution is -2.31. The van der Waals surface area contributed by atoms with Gasteiger partial charge in [0.2, 0.25) is 0 Å². The lowest BCUT2D eigenvalue weighted by molar-refractivity contribution is 0.0973. The van der Waals surface area contributed by atoms with Crippen molar-refractivity contribution in [1.29, 1.82) is 0 Å². The standard InChI is InChI=1S/C17H14FNO2/c18-13-6-3-5-12(11-13)17(21)19-10-4-9-16(20)14-7-1-2-8-15(14)19/h1-3,5-8,11H,4,9-10H2. The molecule has 2 aromatic rings. The molecule has 3 nitrogen and oxygen atoms in total. The van der Waals surface area contributed by atoms with Crippen LogP contribution in [0, 0.1) is 5.82 Å². The number of anilines is 1. The van der Waals surface area contributed by atoms with Gasteiger partial charge in [0.25, 0.3) is 5.91 Å². The quantitative estimate of drug-likeness (QED) is 0.804. The summed E-state index contributed by atoms with van der Waals surface area (Å²) in [6.07, 6.45) is 1.03. The van der Waals surface area contributed by atoms with Gasteiger partial charge in [-0.2, -0.15) is 0 Å². The van der Waals surface area contributed by atoms with Gasteiger partial charge in [0.1, 0.15) is 5.82 Å². The van der Waals surface area contributed by atoms with Gasteiger partial charge in [-0.25, -0.2) is 4.39 Å². The van der Waals surface area contributed by atoms with Gasteiger partial charge in [-0.1, -0.05) is 18.2 Å². The lowest BCUT2D eigenvalue weighted by atomic mass is 10.1. The van der Waals surface area contributed by atoms with Crippen molar-refractivity contribution in [1.82, 2.24) is 0 Å². The molecule has 0 saturated carbocycles. The van der Waals surface area contributed by atoms with E-state index in [1.807, 2.05) is 0 Å². The number of halogens is 1. The second kappa shape index (κ2) is 5.48. The van der Waals surface area contributed by atoms with Gasteiger partial charge in [0.15, 0.2) is 5.78 Å². The van der Waals surface area contributed by atoms with Crippen LogP contribution in [0.4, 0.5) is 10.1 Å². The first kappa shape index (κ1) is 13.5. The Hall–Kier alpha value is -2.49. The van der Waals surface area contributed by atoms with E-state index in [1.54, 1.807) is 35.2 Å². The summed E-state index contributed by atoms with van der Waals surface area (Å²) < 4.78 is 13.3. The largest absolute Gasteiger partial charge is 0.308 e. The highest BCUT2D eigenvalue weighted by atomic mass is 19.1. The smallest absolute Gasteiger partial charge is 0.258 e. The molecule has 0 radical (unpaired) electrons. The minimum absolute atomic E-state index is 0.0418. The molecule has 1 aliphatic rings. The molecule has 21 heavy (non-hydrogen) atoms. The Kier molecular flexibility index (Phi) is 3.52. The first-order valence-corrected chi connectivity index (χ1v) is 6.86. The third-order valence-corrected chi connectivity index (χ3v) is 3.60. The van der Waals surface area contributed by atoms with E-state index in [2.05, 4.69) is 0 Å². The maximum Gasteiger partial charge on any atom is 0.258 e. The summed E-state index contributed by atoms with van der Waals surface area (Å²) in [7, 11) is 0. The van der Waals surface area contributed by atoms with Crippen LogP contribution in [-0.4, -0.2) is 18.2 Å². The van der Waals surface area contributed by atoms with E-state index < -0.39 is 5.82 Å². The Morgan fingerprint density at radius 3 is 2.71 bits per heavy atom. The Labute approximate surface area is 122 Å². The maximum absolute atomic E-state index is 13.3. The molecular weight excluding hydrogens is 269 g/mol. The average Bonchev–Trinajstić information content (AvgIpc) is 2.66. The Balaban J connectivity index is 2.04. The van der Waals surface area contributed by atoms with E-state index in [1.165, 1.54) is 18.2 Å². The van der Waals surface area contributed by atoms with E-state index in [4.69, 9.17) is 0 Å². The van der Waals surface area contributed by atoms with Crippen molar-refractivity contribution in [3.05, 3.63) is 65.5 Å². The number of carbonyl (C=O) groups excluding carboxylic acids is 2. The van der Waals surface area contributed by atoms with Gasteiger partial charge in [0, 0.05) is 24.1 Å². The Morgan fingerprint density at radius 1 is 1.10 bits per heavy atom. The molecule has 0 spiro atoms. The highest BCUT2D eigenvalue weighted by molar-refractivity contribution is 6.11. The molecule has 0 atom stereocenters. The monoisotopic (exact) mass is 283 g/mol. The van der Waals surface area contributed by atoms with Crippen LogP contribution in [0.25, 0.3) is 0 Å². The molecule has 1 heterocycles. The van der Waals surface area contributed by atoms with E-state index in [0.29, 0.717) is 36.2 Å². The van der Waals surface area contributed by atoms with Crippen LogP contribution in [0.15, 0.2) is 48.5 Å². The molecule has 3 rings (SSSR count). The molecule has 0 fully saturated rings. The molecule has 0 unspecified atom stereocenters. The third kappa shape index (κ3) is 2.57. The summed E-state index contributed by atoms with van der Waals surface area (Å²) in [5.74, 6) is -0.683. The first-order chi connectivity index (χ1) is 10.2. The molecule has 106 valence electrons. The highest BCUT2D eigenvalue weighted by Crippen LogP contribution is 2.27. The van der Waals surface area contributed by atoms with Crippen molar-refractivity contribution < 1.29 is 14.0 Å². The fourth-order valence-electron chi connectivity index (χ4n) is 2.59. The highest BCUT2D eigenvalue weighted by Gasteiger charge is 2.25. The van der Waals surface area contributed by atoms with E-state index >= 15 is 0 Å². The van der Waals surface area contributed by atoms with Crippen LogP contribution in [0.2, 0.25) is 0 Å². The molecule has 0 aromatic heterocycles. The minimum Gasteiger partial charge on any atom is -0.308 e. The van der Waals surface area contributed by atoms with Gasteiger partial charge < -0.3 is 4.90 Å². The number of benzene rings is 2. The topological polar surface area (TPSA) is 37.4 Å². The Bertz CT molecular complexity index is 711. The fourth-order valence-corrected chi connectivity index (χ4v) is 2.59. The SMILES string of the molecule is O=C1CCCN(C(=O)c2cccc(F)c2)c2ccccc21. The fraction of sp³-hybridized carbons (Fsp3) is 0.176. The number of carbonyl (C=O) groups is 2. The normalized spacial score (nSPS) is 14.5. The molecular formula is C17H14FNO2.